The first kappa shape index (κ1) is 43.4. The molecule has 2 N–H and O–H groups in total. The molecule has 0 aromatic carbocycles. The first-order valence-electron chi connectivity index (χ1n) is 0. The molecule has 0 aliphatic heterocycles. The van der Waals surface area contributed by atoms with E-state index in [1.807, 2.05) is 0 Å². The van der Waals surface area contributed by atoms with Gasteiger partial charge in [-0.3, -0.25) is 0 Å². The van der Waals surface area contributed by atoms with Crippen LogP contribution >= 0.6 is 0 Å². The zero-order valence-electron chi connectivity index (χ0n) is 12.0. The summed E-state index contributed by atoms with van der Waals surface area (Å²) in [5.41, 5.74) is 0. The Morgan fingerprint density at radius 3 is 0.833 bits per heavy atom. The van der Waals surface area contributed by atoms with E-state index in [1.54, 1.807) is 0 Å². The molecule has 0 saturated heterocycles. The maximum Gasteiger partial charge on any atom is 2.00 e. The van der Waals surface area contributed by atoms with Gasteiger partial charge in [-0.15, -0.1) is 0 Å². The van der Waals surface area contributed by atoms with Gasteiger partial charge in [-0.2, -0.15) is 0 Å². The number of hydrogen-bond acceptors (Lipinski definition) is 0. The molecule has 0 saturated carbocycles. The van der Waals surface area contributed by atoms with Crippen LogP contribution in [0.4, 0.5) is 0 Å². The van der Waals surface area contributed by atoms with E-state index in [0.29, 0.717) is 0 Å². The van der Waals surface area contributed by atoms with Gasteiger partial charge in [-0.05, 0) is 0 Å². The van der Waals surface area contributed by atoms with Gasteiger partial charge in [0, 0.05) is 19.5 Å². The van der Waals surface area contributed by atoms with Crippen molar-refractivity contribution in [1.82, 2.24) is 0 Å². The van der Waals surface area contributed by atoms with E-state index in [4.69, 9.17) is 0 Å². The van der Waals surface area contributed by atoms with Gasteiger partial charge in [0.2, 0.25) is 0 Å². The summed E-state index contributed by atoms with van der Waals surface area (Å²) in [4.78, 5) is 0. The van der Waals surface area contributed by atoms with Crippen LogP contribution < -0.4 is 0 Å². The third-order valence-corrected chi connectivity index (χ3v) is 0. The van der Waals surface area contributed by atoms with Crippen molar-refractivity contribution in [3.63, 3.8) is 0 Å². The van der Waals surface area contributed by atoms with E-state index in [0.717, 1.165) is 0 Å². The summed E-state index contributed by atoms with van der Waals surface area (Å²) in [7, 11) is 0. The average molecular weight is 236 g/mol. The van der Waals surface area contributed by atoms with Gasteiger partial charge in [-0.1, -0.05) is 0 Å². The summed E-state index contributed by atoms with van der Waals surface area (Å²) in [5.74, 6) is 0. The predicted molar refractivity (Wildman–Crippen MR) is 35.5 cm³/mol. The van der Waals surface area contributed by atoms with E-state index in [-0.39, 0.29) is 173 Å². The van der Waals surface area contributed by atoms with E-state index in [2.05, 4.69) is 0 Å². The van der Waals surface area contributed by atoms with Crippen LogP contribution in [-0.2, 0) is 19.5 Å². The standard InChI is InChI=1S/3Ca.Mg.H2O.Zn.8H/h;;;;1H2;;;;;;;;;/q4*+2;;;8*-1. The molecule has 6 heavy (non-hydrogen) atoms. The molecule has 0 spiro atoms. The maximum atomic E-state index is 0. The smallest absolute Gasteiger partial charge is 1.00 e. The van der Waals surface area contributed by atoms with Crippen LogP contribution in [0.25, 0.3) is 0 Å². The molecule has 0 heterocycles. The molecule has 0 rings (SSSR count). The van der Waals surface area contributed by atoms with Gasteiger partial charge in [0.15, 0.2) is 0 Å². The van der Waals surface area contributed by atoms with Gasteiger partial charge in [-0.25, -0.2) is 0 Å². The Hall–Kier alpha value is 5.13. The summed E-state index contributed by atoms with van der Waals surface area (Å²) in [5, 5.41) is 0. The minimum Gasteiger partial charge on any atom is -1.00 e. The van der Waals surface area contributed by atoms with E-state index in [9.17, 15) is 0 Å². The second-order valence-corrected chi connectivity index (χ2v) is 0. The molecule has 1 nitrogen and oxygen atoms in total. The monoisotopic (exact) mass is 234 g/mol. The molecule has 0 unspecified atom stereocenters. The van der Waals surface area contributed by atoms with Gasteiger partial charge in [0.25, 0.3) is 0 Å². The van der Waals surface area contributed by atoms with Crippen molar-refractivity contribution in [2.45, 2.75) is 0 Å². The molecule has 0 aromatic heterocycles. The fourth-order valence-electron chi connectivity index (χ4n) is 0. The Bertz CT molecular complexity index is 24.5. The van der Waals surface area contributed by atoms with Crippen LogP contribution in [0.15, 0.2) is 0 Å². The van der Waals surface area contributed by atoms with Gasteiger partial charge in [0.1, 0.15) is 0 Å². The van der Waals surface area contributed by atoms with E-state index < -0.39 is 0 Å². The largest absolute Gasteiger partial charge is 2.00 e. The fraction of sp³-hybridized carbons (Fsp3) is 0. The number of hydrogen-bond donors (Lipinski definition) is 0. The Balaban J connectivity index is 0. The van der Waals surface area contributed by atoms with Crippen molar-refractivity contribution >= 4 is 136 Å². The van der Waals surface area contributed by atoms with Gasteiger partial charge >= 0.3 is 136 Å². The minimum absolute atomic E-state index is 0. The summed E-state index contributed by atoms with van der Waals surface area (Å²) in [6, 6.07) is 0. The average Bonchev–Trinajstić information content (AvgIpc) is 0. The van der Waals surface area contributed by atoms with Crippen LogP contribution in [0.2, 0.25) is 0 Å². The summed E-state index contributed by atoms with van der Waals surface area (Å²) in [6.45, 7) is 0. The second-order valence-electron chi connectivity index (χ2n) is 0. The third kappa shape index (κ3) is 22.9. The Morgan fingerprint density at radius 1 is 0.833 bits per heavy atom. The Morgan fingerprint density at radius 2 is 0.833 bits per heavy atom. The van der Waals surface area contributed by atoms with E-state index in [1.165, 1.54) is 0 Å². The second kappa shape index (κ2) is 32.1. The van der Waals surface area contributed by atoms with Gasteiger partial charge < -0.3 is 16.9 Å². The third-order valence-electron chi connectivity index (χ3n) is 0. The van der Waals surface area contributed by atoms with Crippen LogP contribution in [0.1, 0.15) is 11.4 Å². The molecule has 0 bridgehead atoms. The zero-order chi connectivity index (χ0) is 0. The van der Waals surface area contributed by atoms with Crippen molar-refractivity contribution in [2.24, 2.45) is 0 Å². The van der Waals surface area contributed by atoms with Crippen LogP contribution in [-0.4, -0.2) is 142 Å². The Labute approximate surface area is 168 Å². The zero-order valence-corrected chi connectivity index (χ0v) is 15.0. The topological polar surface area (TPSA) is 31.5 Å². The molecule has 0 aliphatic rings. The summed E-state index contributed by atoms with van der Waals surface area (Å²) >= 11 is 0. The molecule has 6 heteroatoms. The SMILES string of the molecule is O.[Ca+2].[Ca+2].[Ca+2].[H-].[H-].[H-].[H-].[H-].[H-].[H-].[H-].[Mg+2].[Zn]. The molecule has 26 valence electrons. The molecular weight excluding hydrogens is 226 g/mol. The summed E-state index contributed by atoms with van der Waals surface area (Å²) < 4.78 is 0. The molecule has 0 radical (unpaired) electrons. The minimum atomic E-state index is 0. The molecular formula is H10Ca3MgOZn. The molecule has 0 atom stereocenters. The van der Waals surface area contributed by atoms with Crippen molar-refractivity contribution in [3.05, 3.63) is 0 Å². The van der Waals surface area contributed by atoms with Crippen molar-refractivity contribution in [2.75, 3.05) is 0 Å². The van der Waals surface area contributed by atoms with Crippen molar-refractivity contribution in [1.29, 1.82) is 0 Å². The molecule has 0 aromatic rings. The molecule has 0 fully saturated rings. The normalized spacial score (nSPS) is 0. The van der Waals surface area contributed by atoms with E-state index >= 15 is 0 Å². The van der Waals surface area contributed by atoms with Crippen LogP contribution in [0.3, 0.4) is 0 Å². The fourth-order valence-corrected chi connectivity index (χ4v) is 0. The summed E-state index contributed by atoms with van der Waals surface area (Å²) in [6.07, 6.45) is 0. The number of rotatable bonds is 0. The first-order chi connectivity index (χ1) is 0. The van der Waals surface area contributed by atoms with Crippen LogP contribution in [0.5, 0.6) is 0 Å². The Kier molecular flexibility index (Phi) is 232. The maximum absolute atomic E-state index is 0. The van der Waals surface area contributed by atoms with Crippen molar-refractivity contribution < 1.29 is 36.4 Å². The molecule has 0 amide bonds. The molecule has 0 aliphatic carbocycles. The van der Waals surface area contributed by atoms with Crippen LogP contribution in [0, 0.1) is 0 Å². The van der Waals surface area contributed by atoms with Gasteiger partial charge in [0.05, 0.1) is 0 Å². The predicted octanol–water partition coefficient (Wildman–Crippen LogP) is -1.45. The quantitative estimate of drug-likeness (QED) is 0.461. The van der Waals surface area contributed by atoms with Crippen molar-refractivity contribution in [3.8, 4) is 0 Å². The first-order valence-corrected chi connectivity index (χ1v) is 0.